The molecule has 5 heteroatoms. The zero-order valence-corrected chi connectivity index (χ0v) is 26.1. The number of nitriles is 2. The highest BCUT2D eigenvalue weighted by Gasteiger charge is 2.22. The van der Waals surface area contributed by atoms with Gasteiger partial charge in [0.05, 0.1) is 56.7 Å². The molecule has 0 unspecified atom stereocenters. The summed E-state index contributed by atoms with van der Waals surface area (Å²) in [5, 5.41) is 26.9. The number of hydrogen-bond acceptors (Lipinski definition) is 3. The number of rotatable bonds is 3. The van der Waals surface area contributed by atoms with Crippen LogP contribution in [0, 0.1) is 22.7 Å². The summed E-state index contributed by atoms with van der Waals surface area (Å²) in [6.07, 6.45) is 0. The Bertz CT molecular complexity index is 3030. The van der Waals surface area contributed by atoms with E-state index in [9.17, 15) is 10.5 Å². The topological polar surface area (TPSA) is 70.6 Å². The Balaban J connectivity index is 1.35. The molecule has 0 amide bonds. The van der Waals surface area contributed by atoms with Gasteiger partial charge in [-0.3, -0.25) is 0 Å². The lowest BCUT2D eigenvalue weighted by atomic mass is 9.97. The number of benzene rings is 7. The number of para-hydroxylation sites is 4. The third kappa shape index (κ3) is 3.85. The van der Waals surface area contributed by atoms with Gasteiger partial charge in [0.1, 0.15) is 11.2 Å². The van der Waals surface area contributed by atoms with Gasteiger partial charge in [-0.05, 0) is 72.8 Å². The van der Waals surface area contributed by atoms with Gasteiger partial charge >= 0.3 is 0 Å². The van der Waals surface area contributed by atoms with Gasteiger partial charge in [-0.25, -0.2) is 0 Å². The normalized spacial score (nSPS) is 11.6. The molecule has 0 N–H and O–H groups in total. The van der Waals surface area contributed by atoms with Crippen molar-refractivity contribution in [2.45, 2.75) is 0 Å². The molecule has 0 aliphatic rings. The van der Waals surface area contributed by atoms with Crippen LogP contribution in [0.2, 0.25) is 0 Å². The summed E-state index contributed by atoms with van der Waals surface area (Å²) in [7, 11) is 0. The van der Waals surface area contributed by atoms with Crippen molar-refractivity contribution in [3.63, 3.8) is 0 Å². The summed E-state index contributed by atoms with van der Waals surface area (Å²) in [5.74, 6) is 0. The van der Waals surface area contributed by atoms with Gasteiger partial charge in [-0.15, -0.1) is 0 Å². The summed E-state index contributed by atoms with van der Waals surface area (Å²) in [6, 6.07) is 54.2. The molecule has 3 aromatic heterocycles. The lowest BCUT2D eigenvalue weighted by Crippen LogP contribution is -2.02. The Kier molecular flexibility index (Phi) is 5.64. The standard InChI is InChI=1S/C44H24N4O/c45-25-27-17-19-40(47-37-13-5-1-9-29(37)30-10-2-6-14-38(30)47)33(21-27)34-22-28(26-46)18-20-41(34)48-39-15-7-3-11-31(39)35-24-44-36(23-42(35)48)32-12-4-8-16-43(32)49-44/h1-24H. The van der Waals surface area contributed by atoms with E-state index in [-0.39, 0.29) is 0 Å². The second kappa shape index (κ2) is 10.2. The first-order valence-electron chi connectivity index (χ1n) is 16.1. The summed E-state index contributed by atoms with van der Waals surface area (Å²) >= 11 is 0. The first-order valence-corrected chi connectivity index (χ1v) is 16.1. The highest BCUT2D eigenvalue weighted by atomic mass is 16.3. The van der Waals surface area contributed by atoms with E-state index in [1.54, 1.807) is 0 Å². The molecule has 0 atom stereocenters. The largest absolute Gasteiger partial charge is 0.456 e. The van der Waals surface area contributed by atoms with Crippen molar-refractivity contribution in [1.29, 1.82) is 10.5 Å². The van der Waals surface area contributed by atoms with Crippen LogP contribution >= 0.6 is 0 Å². The minimum atomic E-state index is 0.540. The highest BCUT2D eigenvalue weighted by Crippen LogP contribution is 2.43. The van der Waals surface area contributed by atoms with Crippen molar-refractivity contribution in [1.82, 2.24) is 9.13 Å². The van der Waals surface area contributed by atoms with E-state index in [1.165, 1.54) is 0 Å². The number of nitrogens with zero attached hydrogens (tertiary/aromatic N) is 4. The zero-order valence-electron chi connectivity index (χ0n) is 26.1. The third-order valence-corrected chi connectivity index (χ3v) is 9.77. The van der Waals surface area contributed by atoms with Gasteiger partial charge in [-0.1, -0.05) is 72.8 Å². The van der Waals surface area contributed by atoms with Crippen LogP contribution in [0.25, 0.3) is 88.1 Å². The number of furan rings is 1. The number of hydrogen-bond donors (Lipinski definition) is 0. The van der Waals surface area contributed by atoms with Crippen LogP contribution in [-0.2, 0) is 0 Å². The summed E-state index contributed by atoms with van der Waals surface area (Å²) in [6.45, 7) is 0. The fraction of sp³-hybridized carbons (Fsp3) is 0. The van der Waals surface area contributed by atoms with Crippen molar-refractivity contribution < 1.29 is 4.42 Å². The number of fused-ring (bicyclic) bond motifs is 9. The molecule has 0 spiro atoms. The van der Waals surface area contributed by atoms with E-state index >= 15 is 0 Å². The molecular weight excluding hydrogens is 601 g/mol. The summed E-state index contributed by atoms with van der Waals surface area (Å²) in [4.78, 5) is 0. The molecule has 0 aliphatic heterocycles. The molecule has 0 bridgehead atoms. The smallest absolute Gasteiger partial charge is 0.136 e. The van der Waals surface area contributed by atoms with Gasteiger partial charge in [0, 0.05) is 43.4 Å². The quantitative estimate of drug-likeness (QED) is 0.196. The molecule has 49 heavy (non-hydrogen) atoms. The Morgan fingerprint density at radius 1 is 0.388 bits per heavy atom. The average Bonchev–Trinajstić information content (AvgIpc) is 3.80. The summed E-state index contributed by atoms with van der Waals surface area (Å²) in [5.41, 5.74) is 10.5. The second-order valence-electron chi connectivity index (χ2n) is 12.4. The molecule has 3 heterocycles. The maximum Gasteiger partial charge on any atom is 0.136 e. The van der Waals surface area contributed by atoms with Crippen molar-refractivity contribution in [2.75, 3.05) is 0 Å². The van der Waals surface area contributed by atoms with Crippen molar-refractivity contribution in [2.24, 2.45) is 0 Å². The highest BCUT2D eigenvalue weighted by molar-refractivity contribution is 6.17. The van der Waals surface area contributed by atoms with Crippen LogP contribution in [0.4, 0.5) is 0 Å². The Hall–Kier alpha value is -7.08. The summed E-state index contributed by atoms with van der Waals surface area (Å²) < 4.78 is 10.9. The molecular formula is C44H24N4O. The average molecular weight is 625 g/mol. The molecule has 5 nitrogen and oxygen atoms in total. The lowest BCUT2D eigenvalue weighted by molar-refractivity contribution is 0.669. The fourth-order valence-electron chi connectivity index (χ4n) is 7.66. The van der Waals surface area contributed by atoms with Gasteiger partial charge in [0.25, 0.3) is 0 Å². The maximum atomic E-state index is 10.2. The molecule has 0 fully saturated rings. The van der Waals surface area contributed by atoms with E-state index in [0.717, 1.165) is 88.1 Å². The fourth-order valence-corrected chi connectivity index (χ4v) is 7.66. The molecule has 0 aliphatic carbocycles. The van der Waals surface area contributed by atoms with Crippen LogP contribution in [0.5, 0.6) is 0 Å². The SMILES string of the molecule is N#Cc1ccc(-n2c3ccccc3c3ccccc32)c(-c2cc(C#N)ccc2-n2c3ccccc3c3cc4oc5ccccc5c4cc32)c1. The second-order valence-corrected chi connectivity index (χ2v) is 12.4. The van der Waals surface area contributed by atoms with E-state index in [1.807, 2.05) is 54.6 Å². The van der Waals surface area contributed by atoms with Crippen LogP contribution in [-0.4, -0.2) is 9.13 Å². The Morgan fingerprint density at radius 2 is 0.857 bits per heavy atom. The predicted octanol–water partition coefficient (Wildman–Crippen LogP) is 11.2. The van der Waals surface area contributed by atoms with E-state index < -0.39 is 0 Å². The first-order chi connectivity index (χ1) is 24.2. The minimum Gasteiger partial charge on any atom is -0.456 e. The maximum absolute atomic E-state index is 10.2. The third-order valence-electron chi connectivity index (χ3n) is 9.77. The molecule has 0 saturated heterocycles. The van der Waals surface area contributed by atoms with Crippen molar-refractivity contribution >= 4 is 65.6 Å². The zero-order chi connectivity index (χ0) is 32.6. The van der Waals surface area contributed by atoms with Crippen LogP contribution in [0.1, 0.15) is 11.1 Å². The molecule has 10 aromatic rings. The van der Waals surface area contributed by atoms with Gasteiger partial charge in [-0.2, -0.15) is 10.5 Å². The van der Waals surface area contributed by atoms with Crippen molar-refractivity contribution in [3.05, 3.63) is 157 Å². The monoisotopic (exact) mass is 624 g/mol. The van der Waals surface area contributed by atoms with Gasteiger partial charge in [0.2, 0.25) is 0 Å². The van der Waals surface area contributed by atoms with E-state index in [2.05, 4.69) is 112 Å². The van der Waals surface area contributed by atoms with Crippen LogP contribution in [0.15, 0.2) is 150 Å². The molecule has 226 valence electrons. The minimum absolute atomic E-state index is 0.540. The van der Waals surface area contributed by atoms with Gasteiger partial charge in [0.15, 0.2) is 0 Å². The Morgan fingerprint density at radius 3 is 1.41 bits per heavy atom. The van der Waals surface area contributed by atoms with E-state index in [4.69, 9.17) is 4.42 Å². The molecule has 0 radical (unpaired) electrons. The van der Waals surface area contributed by atoms with Crippen LogP contribution < -0.4 is 0 Å². The molecule has 10 rings (SSSR count). The van der Waals surface area contributed by atoms with Crippen molar-refractivity contribution in [3.8, 4) is 34.6 Å². The van der Waals surface area contributed by atoms with E-state index in [0.29, 0.717) is 11.1 Å². The molecule has 7 aromatic carbocycles. The first kappa shape index (κ1) is 27.1. The Labute approximate surface area is 280 Å². The predicted molar refractivity (Wildman–Crippen MR) is 197 cm³/mol. The van der Waals surface area contributed by atoms with Gasteiger partial charge < -0.3 is 13.6 Å². The molecule has 0 saturated carbocycles. The lowest BCUT2D eigenvalue weighted by Gasteiger charge is -2.19. The van der Waals surface area contributed by atoms with Crippen LogP contribution in [0.3, 0.4) is 0 Å². The number of aromatic nitrogens is 2.